The van der Waals surface area contributed by atoms with Crippen molar-refractivity contribution in [2.24, 2.45) is 0 Å². The van der Waals surface area contributed by atoms with E-state index in [1.807, 2.05) is 37.3 Å². The number of ether oxygens (including phenoxy) is 3. The van der Waals surface area contributed by atoms with E-state index < -0.39 is 5.97 Å². The number of hydrogen-bond acceptors (Lipinski definition) is 5. The molecule has 5 rings (SSSR count). The smallest absolute Gasteiger partial charge is 0.355 e. The van der Waals surface area contributed by atoms with Gasteiger partial charge >= 0.3 is 5.97 Å². The van der Waals surface area contributed by atoms with Crippen LogP contribution in [-0.4, -0.2) is 29.5 Å². The normalized spacial score (nSPS) is 12.3. The summed E-state index contributed by atoms with van der Waals surface area (Å²) in [7, 11) is 0. The van der Waals surface area contributed by atoms with Crippen molar-refractivity contribution in [3.8, 4) is 28.4 Å². The van der Waals surface area contributed by atoms with E-state index >= 15 is 0 Å². The van der Waals surface area contributed by atoms with E-state index in [0.717, 1.165) is 27.6 Å². The van der Waals surface area contributed by atoms with Gasteiger partial charge in [-0.15, -0.1) is 0 Å². The largest absolute Gasteiger partial charge is 0.508 e. The third kappa shape index (κ3) is 3.76. The molecule has 6 nitrogen and oxygen atoms in total. The fourth-order valence-electron chi connectivity index (χ4n) is 4.18. The van der Waals surface area contributed by atoms with Crippen molar-refractivity contribution in [1.82, 2.24) is 4.98 Å². The van der Waals surface area contributed by atoms with Crippen molar-refractivity contribution in [3.63, 3.8) is 0 Å². The summed E-state index contributed by atoms with van der Waals surface area (Å²) < 4.78 is 16.2. The van der Waals surface area contributed by atoms with E-state index in [1.54, 1.807) is 25.1 Å². The van der Waals surface area contributed by atoms with Gasteiger partial charge in [0.05, 0.1) is 6.61 Å². The number of phenols is 1. The number of carbonyl (C=O) groups excluding carboxylic acids is 1. The number of halogens is 1. The SMILES string of the molecule is CCOC(=O)c1[nH]c2ccc(O)c(Cc3cc4c(cc3Cl)OCO4)c2c1-c1ccc(C)cc1. The number of aromatic nitrogens is 1. The second-order valence-corrected chi connectivity index (χ2v) is 8.33. The van der Waals surface area contributed by atoms with Crippen LogP contribution in [0.4, 0.5) is 0 Å². The zero-order valence-corrected chi connectivity index (χ0v) is 19.0. The van der Waals surface area contributed by atoms with Crippen LogP contribution in [0.5, 0.6) is 17.2 Å². The maximum absolute atomic E-state index is 12.8. The summed E-state index contributed by atoms with van der Waals surface area (Å²) in [4.78, 5) is 16.1. The minimum atomic E-state index is -0.448. The minimum Gasteiger partial charge on any atom is -0.508 e. The molecule has 4 aromatic rings. The lowest BCUT2D eigenvalue weighted by molar-refractivity contribution is 0.0521. The Hall–Kier alpha value is -3.64. The first-order valence-electron chi connectivity index (χ1n) is 10.6. The van der Waals surface area contributed by atoms with Gasteiger partial charge in [0, 0.05) is 39.5 Å². The van der Waals surface area contributed by atoms with Gasteiger partial charge in [-0.05, 0) is 43.2 Å². The molecule has 33 heavy (non-hydrogen) atoms. The molecule has 0 spiro atoms. The Labute approximate surface area is 195 Å². The second-order valence-electron chi connectivity index (χ2n) is 7.92. The number of nitrogens with one attached hydrogen (secondary N) is 1. The van der Waals surface area contributed by atoms with E-state index in [-0.39, 0.29) is 19.1 Å². The molecule has 0 amide bonds. The number of fused-ring (bicyclic) bond motifs is 2. The molecule has 1 aromatic heterocycles. The summed E-state index contributed by atoms with van der Waals surface area (Å²) in [6.07, 6.45) is 0.331. The first-order chi connectivity index (χ1) is 16.0. The predicted octanol–water partition coefficient (Wildman–Crippen LogP) is 6.00. The molecule has 0 radical (unpaired) electrons. The van der Waals surface area contributed by atoms with Gasteiger partial charge in [0.2, 0.25) is 6.79 Å². The number of aromatic amines is 1. The summed E-state index contributed by atoms with van der Waals surface area (Å²) in [5.41, 5.74) is 5.13. The summed E-state index contributed by atoms with van der Waals surface area (Å²) >= 11 is 6.53. The van der Waals surface area contributed by atoms with Crippen molar-refractivity contribution >= 4 is 28.5 Å². The van der Waals surface area contributed by atoms with Crippen molar-refractivity contribution in [3.05, 3.63) is 75.9 Å². The Morgan fingerprint density at radius 3 is 2.58 bits per heavy atom. The van der Waals surface area contributed by atoms with E-state index in [4.69, 9.17) is 25.8 Å². The molecule has 0 saturated carbocycles. The number of H-pyrrole nitrogens is 1. The molecular formula is C26H22ClNO5. The third-order valence-electron chi connectivity index (χ3n) is 5.78. The number of aromatic hydroxyl groups is 1. The monoisotopic (exact) mass is 463 g/mol. The number of carbonyl (C=O) groups is 1. The minimum absolute atomic E-state index is 0.110. The van der Waals surface area contributed by atoms with Crippen LogP contribution in [0.25, 0.3) is 22.0 Å². The lowest BCUT2D eigenvalue weighted by Crippen LogP contribution is -2.06. The van der Waals surface area contributed by atoms with Crippen LogP contribution in [-0.2, 0) is 11.2 Å². The summed E-state index contributed by atoms with van der Waals surface area (Å²) in [6.45, 7) is 4.18. The maximum atomic E-state index is 12.8. The highest BCUT2D eigenvalue weighted by atomic mass is 35.5. The van der Waals surface area contributed by atoms with Gasteiger partial charge in [0.15, 0.2) is 11.5 Å². The van der Waals surface area contributed by atoms with E-state index in [9.17, 15) is 9.90 Å². The molecule has 0 bridgehead atoms. The van der Waals surface area contributed by atoms with Crippen LogP contribution in [0, 0.1) is 6.92 Å². The molecule has 7 heteroatoms. The average molecular weight is 464 g/mol. The van der Waals surface area contributed by atoms with Crippen molar-refractivity contribution in [2.45, 2.75) is 20.3 Å². The first kappa shape index (κ1) is 21.2. The van der Waals surface area contributed by atoms with Crippen molar-refractivity contribution < 1.29 is 24.1 Å². The van der Waals surface area contributed by atoms with Crippen LogP contribution in [0.15, 0.2) is 48.5 Å². The van der Waals surface area contributed by atoms with E-state index in [2.05, 4.69) is 4.98 Å². The summed E-state index contributed by atoms with van der Waals surface area (Å²) in [5.74, 6) is 0.869. The Kier molecular flexibility index (Phi) is 5.38. The fourth-order valence-corrected chi connectivity index (χ4v) is 4.40. The summed E-state index contributed by atoms with van der Waals surface area (Å²) in [6, 6.07) is 14.8. The molecule has 0 saturated heterocycles. The van der Waals surface area contributed by atoms with E-state index in [1.165, 1.54) is 0 Å². The Bertz CT molecular complexity index is 1370. The second kappa shape index (κ2) is 8.37. The topological polar surface area (TPSA) is 80.8 Å². The maximum Gasteiger partial charge on any atom is 0.355 e. The van der Waals surface area contributed by atoms with Crippen molar-refractivity contribution in [2.75, 3.05) is 13.4 Å². The lowest BCUT2D eigenvalue weighted by atomic mass is 9.93. The van der Waals surface area contributed by atoms with Crippen LogP contribution in [0.2, 0.25) is 5.02 Å². The van der Waals surface area contributed by atoms with Gasteiger partial charge in [-0.1, -0.05) is 41.4 Å². The molecule has 2 heterocycles. The zero-order valence-electron chi connectivity index (χ0n) is 18.2. The molecule has 0 aliphatic carbocycles. The summed E-state index contributed by atoms with van der Waals surface area (Å²) in [5, 5.41) is 12.1. The highest BCUT2D eigenvalue weighted by molar-refractivity contribution is 6.31. The number of phenolic OH excluding ortho intramolecular Hbond substituents is 1. The first-order valence-corrected chi connectivity index (χ1v) is 11.0. The predicted molar refractivity (Wildman–Crippen MR) is 126 cm³/mol. The van der Waals surface area contributed by atoms with E-state index in [0.29, 0.717) is 39.8 Å². The molecule has 3 aromatic carbocycles. The van der Waals surface area contributed by atoms with Gasteiger partial charge in [-0.2, -0.15) is 0 Å². The third-order valence-corrected chi connectivity index (χ3v) is 6.13. The molecule has 1 aliphatic heterocycles. The molecular weight excluding hydrogens is 442 g/mol. The molecule has 1 aliphatic rings. The van der Waals surface area contributed by atoms with Crippen LogP contribution < -0.4 is 9.47 Å². The van der Waals surface area contributed by atoms with Gasteiger partial charge in [0.25, 0.3) is 0 Å². The molecule has 0 unspecified atom stereocenters. The van der Waals surface area contributed by atoms with Gasteiger partial charge in [-0.25, -0.2) is 4.79 Å². The molecule has 168 valence electrons. The van der Waals surface area contributed by atoms with Crippen LogP contribution in [0.1, 0.15) is 34.1 Å². The Morgan fingerprint density at radius 2 is 1.85 bits per heavy atom. The molecule has 2 N–H and O–H groups in total. The van der Waals surface area contributed by atoms with Gasteiger partial charge < -0.3 is 24.3 Å². The standard InChI is InChI=1S/C26H22ClNO5/c1-3-31-26(30)25-23(15-6-4-14(2)5-7-15)24-17(20(29)9-8-19(24)28-25)10-16-11-21-22(12-18(16)27)33-13-32-21/h4-9,11-12,28-29H,3,10,13H2,1-2H3. The number of rotatable bonds is 5. The molecule has 0 fully saturated rings. The average Bonchev–Trinajstić information content (AvgIpc) is 3.41. The Morgan fingerprint density at radius 1 is 1.12 bits per heavy atom. The fraction of sp³-hybridized carbons (Fsp3) is 0.192. The number of hydrogen-bond donors (Lipinski definition) is 2. The zero-order chi connectivity index (χ0) is 23.1. The molecule has 0 atom stereocenters. The van der Waals surface area contributed by atoms with Gasteiger partial charge in [0.1, 0.15) is 11.4 Å². The highest BCUT2D eigenvalue weighted by Gasteiger charge is 2.25. The van der Waals surface area contributed by atoms with Crippen LogP contribution in [0.3, 0.4) is 0 Å². The lowest BCUT2D eigenvalue weighted by Gasteiger charge is -2.12. The van der Waals surface area contributed by atoms with Crippen molar-refractivity contribution in [1.29, 1.82) is 0 Å². The van der Waals surface area contributed by atoms with Crippen LogP contribution >= 0.6 is 11.6 Å². The quantitative estimate of drug-likeness (QED) is 0.355. The number of benzene rings is 3. The highest BCUT2D eigenvalue weighted by Crippen LogP contribution is 2.42. The number of aryl methyl sites for hydroxylation is 1. The Balaban J connectivity index is 1.73. The van der Waals surface area contributed by atoms with Gasteiger partial charge in [-0.3, -0.25) is 0 Å². The number of esters is 1.